The molecule has 0 aromatic heterocycles. The standard InChI is InChI=1S/C8H7ClN2O4/c1-15-8(12)4-2-5(9)7(10)6(3-4)11(13)14/h2-3H,10H2,1H3. The number of rotatable bonds is 2. The van der Waals surface area contributed by atoms with Crippen LogP contribution in [0.15, 0.2) is 12.1 Å². The average molecular weight is 231 g/mol. The molecule has 0 aliphatic rings. The molecular formula is C8H7ClN2O4. The van der Waals surface area contributed by atoms with E-state index in [1.165, 1.54) is 13.2 Å². The number of nitro benzene ring substituents is 1. The zero-order chi connectivity index (χ0) is 11.6. The van der Waals surface area contributed by atoms with Gasteiger partial charge >= 0.3 is 5.97 Å². The summed E-state index contributed by atoms with van der Waals surface area (Å²) in [7, 11) is 1.17. The summed E-state index contributed by atoms with van der Waals surface area (Å²) in [5.41, 5.74) is 4.77. The van der Waals surface area contributed by atoms with Gasteiger partial charge in [-0.15, -0.1) is 0 Å². The van der Waals surface area contributed by atoms with E-state index in [9.17, 15) is 14.9 Å². The van der Waals surface area contributed by atoms with Gasteiger partial charge in [0.05, 0.1) is 22.6 Å². The Kier molecular flexibility index (Phi) is 3.11. The predicted octanol–water partition coefficient (Wildman–Crippen LogP) is 1.62. The third kappa shape index (κ3) is 2.16. The van der Waals surface area contributed by atoms with E-state index in [-0.39, 0.29) is 16.3 Å². The van der Waals surface area contributed by atoms with Gasteiger partial charge in [0, 0.05) is 6.07 Å². The number of ether oxygens (including phenoxy) is 1. The van der Waals surface area contributed by atoms with E-state index in [0.717, 1.165) is 6.07 Å². The van der Waals surface area contributed by atoms with Crippen molar-refractivity contribution in [2.24, 2.45) is 0 Å². The van der Waals surface area contributed by atoms with Crippen LogP contribution in [0.2, 0.25) is 5.02 Å². The summed E-state index contributed by atoms with van der Waals surface area (Å²) in [5.74, 6) is -0.708. The van der Waals surface area contributed by atoms with Gasteiger partial charge in [-0.3, -0.25) is 10.1 Å². The molecule has 15 heavy (non-hydrogen) atoms. The van der Waals surface area contributed by atoms with Gasteiger partial charge in [-0.25, -0.2) is 4.79 Å². The number of esters is 1. The van der Waals surface area contributed by atoms with Crippen LogP contribution in [0.25, 0.3) is 0 Å². The van der Waals surface area contributed by atoms with E-state index >= 15 is 0 Å². The van der Waals surface area contributed by atoms with E-state index < -0.39 is 16.6 Å². The first-order valence-corrected chi connectivity index (χ1v) is 4.17. The quantitative estimate of drug-likeness (QED) is 0.360. The summed E-state index contributed by atoms with van der Waals surface area (Å²) in [6.45, 7) is 0. The summed E-state index contributed by atoms with van der Waals surface area (Å²) >= 11 is 5.63. The molecule has 0 fully saturated rings. The lowest BCUT2D eigenvalue weighted by molar-refractivity contribution is -0.383. The molecule has 0 heterocycles. The van der Waals surface area contributed by atoms with Crippen molar-refractivity contribution in [1.82, 2.24) is 0 Å². The number of halogens is 1. The first-order valence-electron chi connectivity index (χ1n) is 3.79. The summed E-state index contributed by atoms with van der Waals surface area (Å²) in [6, 6.07) is 2.24. The smallest absolute Gasteiger partial charge is 0.338 e. The molecule has 6 nitrogen and oxygen atoms in total. The van der Waals surface area contributed by atoms with Gasteiger partial charge in [-0.05, 0) is 6.07 Å². The lowest BCUT2D eigenvalue weighted by Crippen LogP contribution is -2.04. The Morgan fingerprint density at radius 3 is 2.67 bits per heavy atom. The van der Waals surface area contributed by atoms with Crippen molar-refractivity contribution in [2.45, 2.75) is 0 Å². The SMILES string of the molecule is COC(=O)c1cc(Cl)c(N)c([N+](=O)[O-])c1. The van der Waals surface area contributed by atoms with Crippen molar-refractivity contribution in [3.63, 3.8) is 0 Å². The Balaban J connectivity index is 3.35. The molecule has 0 saturated heterocycles. The average Bonchev–Trinajstić information content (AvgIpc) is 2.20. The number of hydrogen-bond acceptors (Lipinski definition) is 5. The predicted molar refractivity (Wildman–Crippen MR) is 53.9 cm³/mol. The number of methoxy groups -OCH3 is 1. The second kappa shape index (κ2) is 4.14. The van der Waals surface area contributed by atoms with Gasteiger partial charge in [0.2, 0.25) is 0 Å². The molecule has 1 aromatic rings. The lowest BCUT2D eigenvalue weighted by atomic mass is 10.2. The Hall–Kier alpha value is -1.82. The number of nitro groups is 1. The van der Waals surface area contributed by atoms with E-state index in [0.29, 0.717) is 0 Å². The summed E-state index contributed by atoms with van der Waals surface area (Å²) < 4.78 is 4.40. The van der Waals surface area contributed by atoms with Crippen LogP contribution in [0.3, 0.4) is 0 Å². The van der Waals surface area contributed by atoms with Crippen molar-refractivity contribution in [2.75, 3.05) is 12.8 Å². The number of hydrogen-bond donors (Lipinski definition) is 1. The topological polar surface area (TPSA) is 95.5 Å². The zero-order valence-electron chi connectivity index (χ0n) is 7.69. The molecule has 80 valence electrons. The second-order valence-corrected chi connectivity index (χ2v) is 3.05. The number of nitrogens with two attached hydrogens (primary N) is 1. The van der Waals surface area contributed by atoms with Crippen molar-refractivity contribution in [1.29, 1.82) is 0 Å². The summed E-state index contributed by atoms with van der Waals surface area (Å²) in [5, 5.41) is 10.5. The summed E-state index contributed by atoms with van der Waals surface area (Å²) in [4.78, 5) is 20.9. The molecule has 1 rings (SSSR count). The Bertz CT molecular complexity index is 433. The first kappa shape index (κ1) is 11.3. The van der Waals surface area contributed by atoms with Crippen LogP contribution in [0.5, 0.6) is 0 Å². The summed E-state index contributed by atoms with van der Waals surface area (Å²) in [6.07, 6.45) is 0. The molecule has 0 amide bonds. The fourth-order valence-corrected chi connectivity index (χ4v) is 1.20. The highest BCUT2D eigenvalue weighted by atomic mass is 35.5. The zero-order valence-corrected chi connectivity index (χ0v) is 8.45. The van der Waals surface area contributed by atoms with E-state index in [1.807, 2.05) is 0 Å². The maximum Gasteiger partial charge on any atom is 0.338 e. The normalized spacial score (nSPS) is 9.73. The second-order valence-electron chi connectivity index (χ2n) is 2.64. The van der Waals surface area contributed by atoms with E-state index in [2.05, 4.69) is 4.74 Å². The van der Waals surface area contributed by atoms with Crippen molar-refractivity contribution in [3.8, 4) is 0 Å². The minimum Gasteiger partial charge on any atom is -0.465 e. The van der Waals surface area contributed by atoms with Gasteiger partial charge in [0.25, 0.3) is 5.69 Å². The Morgan fingerprint density at radius 1 is 1.60 bits per heavy atom. The van der Waals surface area contributed by atoms with Gasteiger partial charge in [0.15, 0.2) is 0 Å². The molecule has 2 N–H and O–H groups in total. The number of anilines is 1. The Labute approximate surface area is 89.7 Å². The lowest BCUT2D eigenvalue weighted by Gasteiger charge is -2.03. The molecule has 0 unspecified atom stereocenters. The monoisotopic (exact) mass is 230 g/mol. The van der Waals surface area contributed by atoms with Crippen LogP contribution in [-0.4, -0.2) is 18.0 Å². The molecule has 0 aliphatic heterocycles. The van der Waals surface area contributed by atoms with Gasteiger partial charge in [0.1, 0.15) is 5.69 Å². The van der Waals surface area contributed by atoms with Crippen LogP contribution < -0.4 is 5.73 Å². The maximum absolute atomic E-state index is 11.1. The van der Waals surface area contributed by atoms with E-state index in [1.54, 1.807) is 0 Å². The third-order valence-corrected chi connectivity index (χ3v) is 2.04. The number of benzene rings is 1. The molecule has 0 aliphatic carbocycles. The van der Waals surface area contributed by atoms with Crippen LogP contribution in [-0.2, 0) is 4.74 Å². The molecule has 1 aromatic carbocycles. The molecule has 0 radical (unpaired) electrons. The fourth-order valence-electron chi connectivity index (χ4n) is 0.990. The highest BCUT2D eigenvalue weighted by Gasteiger charge is 2.19. The van der Waals surface area contributed by atoms with Gasteiger partial charge in [-0.1, -0.05) is 11.6 Å². The van der Waals surface area contributed by atoms with Crippen molar-refractivity contribution >= 4 is 28.9 Å². The maximum atomic E-state index is 11.1. The fraction of sp³-hybridized carbons (Fsp3) is 0.125. The van der Waals surface area contributed by atoms with E-state index in [4.69, 9.17) is 17.3 Å². The van der Waals surface area contributed by atoms with Crippen LogP contribution in [0, 0.1) is 10.1 Å². The number of carbonyl (C=O) groups is 1. The minimum atomic E-state index is -0.715. The molecule has 0 spiro atoms. The van der Waals surface area contributed by atoms with Crippen molar-refractivity contribution in [3.05, 3.63) is 32.8 Å². The third-order valence-electron chi connectivity index (χ3n) is 1.73. The van der Waals surface area contributed by atoms with Crippen LogP contribution >= 0.6 is 11.6 Å². The number of nitrogen functional groups attached to an aromatic ring is 1. The van der Waals surface area contributed by atoms with Crippen LogP contribution in [0.1, 0.15) is 10.4 Å². The number of carbonyl (C=O) groups excluding carboxylic acids is 1. The highest BCUT2D eigenvalue weighted by molar-refractivity contribution is 6.34. The first-order chi connectivity index (χ1) is 6.97. The van der Waals surface area contributed by atoms with Gasteiger partial charge in [-0.2, -0.15) is 0 Å². The Morgan fingerprint density at radius 2 is 2.20 bits per heavy atom. The molecule has 0 atom stereocenters. The highest BCUT2D eigenvalue weighted by Crippen LogP contribution is 2.30. The van der Waals surface area contributed by atoms with Crippen molar-refractivity contribution < 1.29 is 14.5 Å². The van der Waals surface area contributed by atoms with Gasteiger partial charge < -0.3 is 10.5 Å². The number of nitrogens with zero attached hydrogens (tertiary/aromatic N) is 1. The molecule has 7 heteroatoms. The largest absolute Gasteiger partial charge is 0.465 e. The minimum absolute atomic E-state index is 0.0107. The molecule has 0 bridgehead atoms. The molecule has 0 saturated carbocycles. The molecular weight excluding hydrogens is 224 g/mol. The van der Waals surface area contributed by atoms with Crippen LogP contribution in [0.4, 0.5) is 11.4 Å².